The fourth-order valence-electron chi connectivity index (χ4n) is 2.59. The van der Waals surface area contributed by atoms with Crippen LogP contribution in [0.15, 0.2) is 12.4 Å². The molecule has 1 heterocycles. The Labute approximate surface area is 129 Å². The SMILES string of the molecule is CCCCCCCCCCCCCC(=O)n1ccnc1N. The van der Waals surface area contributed by atoms with Gasteiger partial charge in [-0.3, -0.25) is 9.36 Å². The van der Waals surface area contributed by atoms with Crippen LogP contribution in [-0.4, -0.2) is 15.5 Å². The van der Waals surface area contributed by atoms with Crippen LogP contribution in [0.1, 0.15) is 88.8 Å². The van der Waals surface area contributed by atoms with Gasteiger partial charge in [0.2, 0.25) is 11.9 Å². The van der Waals surface area contributed by atoms with Crippen LogP contribution in [-0.2, 0) is 0 Å². The van der Waals surface area contributed by atoms with Crippen LogP contribution < -0.4 is 5.73 Å². The van der Waals surface area contributed by atoms with Gasteiger partial charge < -0.3 is 5.73 Å². The first kappa shape index (κ1) is 17.7. The summed E-state index contributed by atoms with van der Waals surface area (Å²) in [5.74, 6) is 0.351. The molecule has 0 saturated carbocycles. The third kappa shape index (κ3) is 7.88. The van der Waals surface area contributed by atoms with Crippen LogP contribution in [0.5, 0.6) is 0 Å². The Morgan fingerprint density at radius 1 is 1.00 bits per heavy atom. The molecule has 1 rings (SSSR count). The topological polar surface area (TPSA) is 60.9 Å². The van der Waals surface area contributed by atoms with E-state index in [1.165, 1.54) is 62.4 Å². The molecule has 1 aromatic rings. The van der Waals surface area contributed by atoms with E-state index in [1.54, 1.807) is 12.4 Å². The lowest BCUT2D eigenvalue weighted by Gasteiger charge is -2.04. The van der Waals surface area contributed by atoms with E-state index in [9.17, 15) is 4.79 Å². The average molecular weight is 293 g/mol. The first-order valence-corrected chi connectivity index (χ1v) is 8.57. The molecule has 0 fully saturated rings. The highest BCUT2D eigenvalue weighted by molar-refractivity contribution is 5.81. The van der Waals surface area contributed by atoms with Crippen molar-refractivity contribution in [2.75, 3.05) is 5.73 Å². The summed E-state index contributed by atoms with van der Waals surface area (Å²) in [7, 11) is 0. The number of aromatic nitrogens is 2. The van der Waals surface area contributed by atoms with Crippen LogP contribution in [0, 0.1) is 0 Å². The number of unbranched alkanes of at least 4 members (excludes halogenated alkanes) is 10. The van der Waals surface area contributed by atoms with Gasteiger partial charge in [0.1, 0.15) is 0 Å². The Balaban J connectivity index is 1.89. The van der Waals surface area contributed by atoms with E-state index >= 15 is 0 Å². The van der Waals surface area contributed by atoms with Crippen molar-refractivity contribution in [3.8, 4) is 0 Å². The molecule has 0 saturated heterocycles. The van der Waals surface area contributed by atoms with Crippen LogP contribution in [0.25, 0.3) is 0 Å². The molecule has 0 aromatic carbocycles. The van der Waals surface area contributed by atoms with E-state index in [4.69, 9.17) is 5.73 Å². The Morgan fingerprint density at radius 3 is 2.00 bits per heavy atom. The maximum absolute atomic E-state index is 11.8. The number of nitrogens with two attached hydrogens (primary N) is 1. The first-order valence-electron chi connectivity index (χ1n) is 8.57. The number of anilines is 1. The van der Waals surface area contributed by atoms with Gasteiger partial charge in [0, 0.05) is 18.8 Å². The van der Waals surface area contributed by atoms with Gasteiger partial charge in [0.15, 0.2) is 0 Å². The minimum Gasteiger partial charge on any atom is -0.369 e. The number of hydrogen-bond donors (Lipinski definition) is 1. The zero-order valence-electron chi connectivity index (χ0n) is 13.5. The highest BCUT2D eigenvalue weighted by Gasteiger charge is 2.07. The monoisotopic (exact) mass is 293 g/mol. The Kier molecular flexibility index (Phi) is 9.58. The number of carbonyl (C=O) groups excluding carboxylic acids is 1. The quantitative estimate of drug-likeness (QED) is 0.563. The molecule has 1 aromatic heterocycles. The summed E-state index contributed by atoms with van der Waals surface area (Å²) in [5, 5.41) is 0. The second-order valence-electron chi connectivity index (χ2n) is 5.83. The van der Waals surface area contributed by atoms with Crippen LogP contribution in [0.3, 0.4) is 0 Å². The molecular formula is C17H31N3O. The molecule has 0 radical (unpaired) electrons. The summed E-state index contributed by atoms with van der Waals surface area (Å²) in [4.78, 5) is 15.7. The normalized spacial score (nSPS) is 10.9. The molecule has 0 unspecified atom stereocenters. The Morgan fingerprint density at radius 2 is 1.52 bits per heavy atom. The molecule has 21 heavy (non-hydrogen) atoms. The number of rotatable bonds is 12. The maximum atomic E-state index is 11.8. The van der Waals surface area contributed by atoms with Gasteiger partial charge in [0.05, 0.1) is 0 Å². The van der Waals surface area contributed by atoms with Crippen molar-refractivity contribution in [3.05, 3.63) is 12.4 Å². The molecular weight excluding hydrogens is 262 g/mol. The minimum atomic E-state index is 0.0564. The van der Waals surface area contributed by atoms with Crippen molar-refractivity contribution in [3.63, 3.8) is 0 Å². The van der Waals surface area contributed by atoms with Crippen LogP contribution in [0.4, 0.5) is 5.95 Å². The predicted octanol–water partition coefficient (Wildman–Crippen LogP) is 4.81. The van der Waals surface area contributed by atoms with E-state index < -0.39 is 0 Å². The second-order valence-corrected chi connectivity index (χ2v) is 5.83. The molecule has 0 spiro atoms. The molecule has 0 aliphatic carbocycles. The second kappa shape index (κ2) is 11.4. The van der Waals surface area contributed by atoms with Crippen molar-refractivity contribution in [1.29, 1.82) is 0 Å². The van der Waals surface area contributed by atoms with Gasteiger partial charge in [-0.15, -0.1) is 0 Å². The third-order valence-corrected chi connectivity index (χ3v) is 3.93. The summed E-state index contributed by atoms with van der Waals surface area (Å²) in [6, 6.07) is 0. The van der Waals surface area contributed by atoms with E-state index in [0.717, 1.165) is 12.8 Å². The van der Waals surface area contributed by atoms with Crippen molar-refractivity contribution < 1.29 is 4.79 Å². The zero-order valence-corrected chi connectivity index (χ0v) is 13.5. The zero-order chi connectivity index (χ0) is 15.3. The van der Waals surface area contributed by atoms with Gasteiger partial charge in [-0.05, 0) is 6.42 Å². The lowest BCUT2D eigenvalue weighted by molar-refractivity contribution is 0.0901. The molecule has 0 aliphatic heterocycles. The van der Waals surface area contributed by atoms with Gasteiger partial charge in [-0.25, -0.2) is 4.98 Å². The number of nitrogen functional groups attached to an aromatic ring is 1. The number of nitrogens with zero attached hydrogens (tertiary/aromatic N) is 2. The summed E-state index contributed by atoms with van der Waals surface area (Å²) in [5.41, 5.74) is 5.60. The fourth-order valence-corrected chi connectivity index (χ4v) is 2.59. The lowest BCUT2D eigenvalue weighted by atomic mass is 10.1. The highest BCUT2D eigenvalue weighted by atomic mass is 16.2. The molecule has 2 N–H and O–H groups in total. The number of imidazole rings is 1. The lowest BCUT2D eigenvalue weighted by Crippen LogP contribution is -2.12. The van der Waals surface area contributed by atoms with Crippen molar-refractivity contribution in [1.82, 2.24) is 9.55 Å². The largest absolute Gasteiger partial charge is 0.369 e. The Bertz CT molecular complexity index is 387. The number of hydrogen-bond acceptors (Lipinski definition) is 3. The standard InChI is InChI=1S/C17H31N3O/c1-2-3-4-5-6-7-8-9-10-11-12-13-16(21)20-15-14-19-17(20)18/h14-15H,2-13H2,1H3,(H2,18,19). The van der Waals surface area contributed by atoms with E-state index in [-0.39, 0.29) is 5.91 Å². The summed E-state index contributed by atoms with van der Waals surface area (Å²) in [6.07, 6.45) is 18.0. The van der Waals surface area contributed by atoms with Gasteiger partial charge in [-0.2, -0.15) is 0 Å². The van der Waals surface area contributed by atoms with Gasteiger partial charge >= 0.3 is 0 Å². The summed E-state index contributed by atoms with van der Waals surface area (Å²) < 4.78 is 1.44. The predicted molar refractivity (Wildman–Crippen MR) is 88.3 cm³/mol. The van der Waals surface area contributed by atoms with Crippen molar-refractivity contribution in [2.24, 2.45) is 0 Å². The molecule has 4 nitrogen and oxygen atoms in total. The number of carbonyl (C=O) groups is 1. The third-order valence-electron chi connectivity index (χ3n) is 3.93. The average Bonchev–Trinajstić information content (AvgIpc) is 2.91. The summed E-state index contributed by atoms with van der Waals surface area (Å²) in [6.45, 7) is 2.26. The molecule has 0 amide bonds. The fraction of sp³-hybridized carbons (Fsp3) is 0.765. The molecule has 0 atom stereocenters. The smallest absolute Gasteiger partial charge is 0.233 e. The van der Waals surface area contributed by atoms with E-state index in [0.29, 0.717) is 12.4 Å². The van der Waals surface area contributed by atoms with E-state index in [1.807, 2.05) is 0 Å². The molecule has 0 aliphatic rings. The molecule has 0 bridgehead atoms. The van der Waals surface area contributed by atoms with Crippen molar-refractivity contribution >= 4 is 11.9 Å². The van der Waals surface area contributed by atoms with Gasteiger partial charge in [-0.1, -0.05) is 71.1 Å². The molecule has 4 heteroatoms. The van der Waals surface area contributed by atoms with Crippen LogP contribution >= 0.6 is 0 Å². The van der Waals surface area contributed by atoms with E-state index in [2.05, 4.69) is 11.9 Å². The van der Waals surface area contributed by atoms with Gasteiger partial charge in [0.25, 0.3) is 0 Å². The first-order chi connectivity index (χ1) is 10.3. The summed E-state index contributed by atoms with van der Waals surface area (Å²) >= 11 is 0. The van der Waals surface area contributed by atoms with Crippen LogP contribution in [0.2, 0.25) is 0 Å². The van der Waals surface area contributed by atoms with Crippen molar-refractivity contribution in [2.45, 2.75) is 84.0 Å². The minimum absolute atomic E-state index is 0.0564. The molecule has 120 valence electrons. The Hall–Kier alpha value is -1.32. The maximum Gasteiger partial charge on any atom is 0.233 e. The highest BCUT2D eigenvalue weighted by Crippen LogP contribution is 2.12.